The van der Waals surface area contributed by atoms with Crippen molar-refractivity contribution in [3.8, 4) is 0 Å². The van der Waals surface area contributed by atoms with Crippen molar-refractivity contribution in [2.45, 2.75) is 11.3 Å². The molecule has 1 aromatic heterocycles. The normalized spacial score (nSPS) is 10.9. The predicted octanol–water partition coefficient (Wildman–Crippen LogP) is 0.615. The molecule has 0 aliphatic rings. The molecule has 0 atom stereocenters. The van der Waals surface area contributed by atoms with Crippen molar-refractivity contribution in [1.29, 1.82) is 0 Å². The van der Waals surface area contributed by atoms with Crippen LogP contribution in [0.2, 0.25) is 0 Å². The van der Waals surface area contributed by atoms with E-state index in [1.807, 2.05) is 4.72 Å². The first-order valence-corrected chi connectivity index (χ1v) is 7.92. The molecule has 8 nitrogen and oxygen atoms in total. The van der Waals surface area contributed by atoms with Crippen LogP contribution >= 0.6 is 11.3 Å². The van der Waals surface area contributed by atoms with E-state index in [2.05, 4.69) is 15.5 Å². The topological polar surface area (TPSA) is 118 Å². The summed E-state index contributed by atoms with van der Waals surface area (Å²) >= 11 is 0.648. The second-order valence-corrected chi connectivity index (χ2v) is 6.69. The minimum atomic E-state index is -4.13. The van der Waals surface area contributed by atoms with E-state index < -0.39 is 26.2 Å². The Morgan fingerprint density at radius 3 is 2.43 bits per heavy atom. The molecule has 0 spiro atoms. The standard InChI is InChI=1S/C11H10N4O4S2/c1-7(16)12-10-13-14-11(20-10)21(18,19)15-9(17)8-5-3-2-4-6-8/h2-6H,1H3,(H,15,17)(H,12,13,16). The highest BCUT2D eigenvalue weighted by molar-refractivity contribution is 7.92. The molecular weight excluding hydrogens is 316 g/mol. The molecule has 0 bridgehead atoms. The predicted molar refractivity (Wildman–Crippen MR) is 75.3 cm³/mol. The van der Waals surface area contributed by atoms with Crippen LogP contribution in [0, 0.1) is 0 Å². The Labute approximate surface area is 124 Å². The number of amides is 2. The van der Waals surface area contributed by atoms with Gasteiger partial charge in [-0.3, -0.25) is 9.59 Å². The lowest BCUT2D eigenvalue weighted by Crippen LogP contribution is -2.30. The first-order chi connectivity index (χ1) is 9.88. The van der Waals surface area contributed by atoms with E-state index in [-0.39, 0.29) is 10.7 Å². The van der Waals surface area contributed by atoms with E-state index in [0.717, 1.165) is 0 Å². The van der Waals surface area contributed by atoms with Crippen molar-refractivity contribution >= 4 is 38.3 Å². The number of rotatable bonds is 4. The SMILES string of the molecule is CC(=O)Nc1nnc(S(=O)(=O)NC(=O)c2ccccc2)s1. The van der Waals surface area contributed by atoms with Crippen LogP contribution < -0.4 is 10.0 Å². The summed E-state index contributed by atoms with van der Waals surface area (Å²) in [5.41, 5.74) is 0.202. The number of nitrogens with zero attached hydrogens (tertiary/aromatic N) is 2. The third-order valence-corrected chi connectivity index (χ3v) is 4.72. The summed E-state index contributed by atoms with van der Waals surface area (Å²) in [7, 11) is -4.13. The van der Waals surface area contributed by atoms with Crippen LogP contribution in [0.25, 0.3) is 0 Å². The number of hydrogen-bond acceptors (Lipinski definition) is 7. The van der Waals surface area contributed by atoms with Gasteiger partial charge in [0.15, 0.2) is 0 Å². The average Bonchev–Trinajstić information content (AvgIpc) is 2.88. The van der Waals surface area contributed by atoms with Gasteiger partial charge in [0.25, 0.3) is 20.3 Å². The number of carbonyl (C=O) groups is 2. The highest BCUT2D eigenvalue weighted by Gasteiger charge is 2.23. The summed E-state index contributed by atoms with van der Waals surface area (Å²) in [5.74, 6) is -1.17. The second kappa shape index (κ2) is 5.97. The van der Waals surface area contributed by atoms with Gasteiger partial charge < -0.3 is 5.32 Å². The lowest BCUT2D eigenvalue weighted by atomic mass is 10.2. The molecule has 2 amide bonds. The maximum atomic E-state index is 12.0. The Kier molecular flexibility index (Phi) is 4.29. The Morgan fingerprint density at radius 1 is 1.14 bits per heavy atom. The van der Waals surface area contributed by atoms with Gasteiger partial charge in [-0.25, -0.2) is 4.72 Å². The fourth-order valence-electron chi connectivity index (χ4n) is 1.33. The number of anilines is 1. The second-order valence-electron chi connectivity index (χ2n) is 3.85. The number of sulfonamides is 1. The van der Waals surface area contributed by atoms with E-state index in [0.29, 0.717) is 11.3 Å². The molecule has 21 heavy (non-hydrogen) atoms. The van der Waals surface area contributed by atoms with Gasteiger partial charge in [-0.05, 0) is 12.1 Å². The molecule has 0 saturated carbocycles. The molecule has 110 valence electrons. The molecule has 0 aliphatic carbocycles. The molecule has 0 unspecified atom stereocenters. The van der Waals surface area contributed by atoms with E-state index in [1.165, 1.54) is 19.1 Å². The maximum Gasteiger partial charge on any atom is 0.293 e. The van der Waals surface area contributed by atoms with Gasteiger partial charge in [-0.15, -0.1) is 10.2 Å². The molecule has 1 aromatic carbocycles. The van der Waals surface area contributed by atoms with E-state index in [4.69, 9.17) is 0 Å². The van der Waals surface area contributed by atoms with Crippen LogP contribution in [0.5, 0.6) is 0 Å². The molecule has 0 saturated heterocycles. The van der Waals surface area contributed by atoms with Gasteiger partial charge in [0.1, 0.15) is 0 Å². The molecule has 1 heterocycles. The van der Waals surface area contributed by atoms with Crippen LogP contribution in [0.4, 0.5) is 5.13 Å². The van der Waals surface area contributed by atoms with Crippen molar-refractivity contribution in [3.63, 3.8) is 0 Å². The number of aromatic nitrogens is 2. The Hall–Kier alpha value is -2.33. The average molecular weight is 326 g/mol. The number of carbonyl (C=O) groups excluding carboxylic acids is 2. The Balaban J connectivity index is 2.17. The lowest BCUT2D eigenvalue weighted by molar-refractivity contribution is -0.114. The zero-order valence-corrected chi connectivity index (χ0v) is 12.4. The van der Waals surface area contributed by atoms with Crippen molar-refractivity contribution in [2.75, 3.05) is 5.32 Å². The maximum absolute atomic E-state index is 12.0. The van der Waals surface area contributed by atoms with Gasteiger partial charge in [0.05, 0.1) is 0 Å². The summed E-state index contributed by atoms with van der Waals surface area (Å²) in [6.45, 7) is 1.26. The van der Waals surface area contributed by atoms with Crippen molar-refractivity contribution in [1.82, 2.24) is 14.9 Å². The fourth-order valence-corrected chi connectivity index (χ4v) is 3.26. The van der Waals surface area contributed by atoms with Gasteiger partial charge in [0, 0.05) is 12.5 Å². The summed E-state index contributed by atoms with van der Waals surface area (Å²) in [5, 5.41) is 9.30. The zero-order chi connectivity index (χ0) is 15.5. The molecule has 0 radical (unpaired) electrons. The van der Waals surface area contributed by atoms with Gasteiger partial charge >= 0.3 is 0 Å². The molecule has 2 N–H and O–H groups in total. The zero-order valence-electron chi connectivity index (χ0n) is 10.7. The molecular formula is C11H10N4O4S2. The number of nitrogens with one attached hydrogen (secondary N) is 2. The minimum Gasteiger partial charge on any atom is -0.301 e. The monoisotopic (exact) mass is 326 g/mol. The number of hydrogen-bond donors (Lipinski definition) is 2. The quantitative estimate of drug-likeness (QED) is 0.795. The first kappa shape index (κ1) is 15.1. The molecule has 2 aromatic rings. The van der Waals surface area contributed by atoms with E-state index in [1.54, 1.807) is 18.2 Å². The third-order valence-electron chi connectivity index (χ3n) is 2.18. The van der Waals surface area contributed by atoms with Gasteiger partial charge in [-0.2, -0.15) is 8.42 Å². The lowest BCUT2D eigenvalue weighted by Gasteiger charge is -2.03. The highest BCUT2D eigenvalue weighted by atomic mass is 32.2. The van der Waals surface area contributed by atoms with Crippen LogP contribution in [0.15, 0.2) is 34.7 Å². The Bertz CT molecular complexity index is 771. The summed E-state index contributed by atoms with van der Waals surface area (Å²) in [6, 6.07) is 7.89. The highest BCUT2D eigenvalue weighted by Crippen LogP contribution is 2.19. The minimum absolute atomic E-state index is 0.0371. The molecule has 0 aliphatic heterocycles. The summed E-state index contributed by atoms with van der Waals surface area (Å²) in [4.78, 5) is 22.7. The summed E-state index contributed by atoms with van der Waals surface area (Å²) < 4.78 is 25.4. The van der Waals surface area contributed by atoms with E-state index >= 15 is 0 Å². The molecule has 2 rings (SSSR count). The smallest absolute Gasteiger partial charge is 0.293 e. The molecule has 10 heteroatoms. The van der Waals surface area contributed by atoms with Gasteiger partial charge in [-0.1, -0.05) is 29.5 Å². The third kappa shape index (κ3) is 3.83. The molecule has 0 fully saturated rings. The van der Waals surface area contributed by atoms with Crippen molar-refractivity contribution in [2.24, 2.45) is 0 Å². The van der Waals surface area contributed by atoms with Gasteiger partial charge in [0.2, 0.25) is 11.0 Å². The van der Waals surface area contributed by atoms with Crippen molar-refractivity contribution < 1.29 is 18.0 Å². The fraction of sp³-hybridized carbons (Fsp3) is 0.0909. The van der Waals surface area contributed by atoms with Crippen LogP contribution in [0.1, 0.15) is 17.3 Å². The van der Waals surface area contributed by atoms with Crippen LogP contribution in [-0.4, -0.2) is 30.4 Å². The largest absolute Gasteiger partial charge is 0.301 e. The van der Waals surface area contributed by atoms with Crippen molar-refractivity contribution in [3.05, 3.63) is 35.9 Å². The number of benzene rings is 1. The first-order valence-electron chi connectivity index (χ1n) is 5.62. The van der Waals surface area contributed by atoms with Crippen LogP contribution in [0.3, 0.4) is 0 Å². The summed E-state index contributed by atoms with van der Waals surface area (Å²) in [6.07, 6.45) is 0. The van der Waals surface area contributed by atoms with E-state index in [9.17, 15) is 18.0 Å². The Morgan fingerprint density at radius 2 is 1.81 bits per heavy atom. The van der Waals surface area contributed by atoms with Crippen LogP contribution in [-0.2, 0) is 14.8 Å².